The van der Waals surface area contributed by atoms with Gasteiger partial charge in [0.25, 0.3) is 0 Å². The van der Waals surface area contributed by atoms with Crippen molar-refractivity contribution in [1.29, 1.82) is 0 Å². The largest absolute Gasteiger partial charge is 0.361 e. The van der Waals surface area contributed by atoms with Gasteiger partial charge in [-0.2, -0.15) is 0 Å². The highest BCUT2D eigenvalue weighted by Crippen LogP contribution is 2.24. The van der Waals surface area contributed by atoms with Crippen LogP contribution in [-0.2, 0) is 28.9 Å². The van der Waals surface area contributed by atoms with Crippen molar-refractivity contribution in [2.75, 3.05) is 33.2 Å². The highest BCUT2D eigenvalue weighted by molar-refractivity contribution is 5.89. The van der Waals surface area contributed by atoms with E-state index in [0.717, 1.165) is 43.4 Å². The van der Waals surface area contributed by atoms with Gasteiger partial charge in [-0.3, -0.25) is 14.9 Å². The van der Waals surface area contributed by atoms with Gasteiger partial charge in [0.05, 0.1) is 6.04 Å². The topological polar surface area (TPSA) is 89.3 Å². The Bertz CT molecular complexity index is 1430. The number of likely N-dealkylation sites (tertiary alicyclic amines) is 1. The summed E-state index contributed by atoms with van der Waals surface area (Å²) in [5.74, 6) is -0.0813. The van der Waals surface area contributed by atoms with Crippen molar-refractivity contribution >= 4 is 22.7 Å². The molecule has 7 heteroatoms. The Morgan fingerprint density at radius 3 is 2.24 bits per heavy atom. The molecule has 4 N–H and O–H groups in total. The summed E-state index contributed by atoms with van der Waals surface area (Å²) in [6.45, 7) is 2.71. The van der Waals surface area contributed by atoms with Crippen LogP contribution in [0.1, 0.15) is 36.0 Å². The Morgan fingerprint density at radius 1 is 0.833 bits per heavy atom. The van der Waals surface area contributed by atoms with E-state index in [4.69, 9.17) is 0 Å². The number of fused-ring (bicyclic) bond motifs is 1. The Balaban J connectivity index is 1.26. The number of aromatic amines is 1. The van der Waals surface area contributed by atoms with Crippen molar-refractivity contribution in [3.05, 3.63) is 108 Å². The molecule has 1 fully saturated rings. The number of aryl methyl sites for hydroxylation is 1. The first-order valence-corrected chi connectivity index (χ1v) is 15.2. The van der Waals surface area contributed by atoms with Crippen LogP contribution >= 0.6 is 0 Å². The van der Waals surface area contributed by atoms with Gasteiger partial charge >= 0.3 is 0 Å². The predicted molar refractivity (Wildman–Crippen MR) is 169 cm³/mol. The normalized spacial score (nSPS) is 15.7. The molecule has 42 heavy (non-hydrogen) atoms. The number of rotatable bonds is 13. The summed E-state index contributed by atoms with van der Waals surface area (Å²) in [5, 5.41) is 11.2. The Morgan fingerprint density at radius 2 is 1.50 bits per heavy atom. The number of hydrogen-bond donors (Lipinski definition) is 4. The van der Waals surface area contributed by atoms with Crippen LogP contribution in [0.15, 0.2) is 91.1 Å². The van der Waals surface area contributed by atoms with Crippen molar-refractivity contribution in [3.8, 4) is 0 Å². The fraction of sp³-hybridized carbons (Fsp3) is 0.371. The van der Waals surface area contributed by atoms with Crippen LogP contribution in [0.5, 0.6) is 0 Å². The second-order valence-corrected chi connectivity index (χ2v) is 11.5. The summed E-state index contributed by atoms with van der Waals surface area (Å²) >= 11 is 0. The van der Waals surface area contributed by atoms with Crippen molar-refractivity contribution in [2.45, 2.75) is 50.1 Å². The Kier molecular flexibility index (Phi) is 10.1. The van der Waals surface area contributed by atoms with Gasteiger partial charge in [0.15, 0.2) is 0 Å². The molecule has 0 aliphatic carbocycles. The Hall–Kier alpha value is -3.94. The number of aromatic nitrogens is 1. The average Bonchev–Trinajstić information content (AvgIpc) is 3.44. The molecule has 0 unspecified atom stereocenters. The highest BCUT2D eigenvalue weighted by Gasteiger charge is 2.43. The SMILES string of the molecule is CN1CCC(N[C@@H](Cc2ccccc2)C(=O)NCCCc2ccccc2)(C(=O)NCCc2c[nH]c3ccccc23)CC1. The van der Waals surface area contributed by atoms with Gasteiger partial charge in [-0.05, 0) is 68.3 Å². The second kappa shape index (κ2) is 14.3. The van der Waals surface area contributed by atoms with Crippen LogP contribution in [0.4, 0.5) is 0 Å². The van der Waals surface area contributed by atoms with Gasteiger partial charge in [-0.25, -0.2) is 0 Å². The second-order valence-electron chi connectivity index (χ2n) is 11.5. The van der Waals surface area contributed by atoms with Gasteiger partial charge in [0.2, 0.25) is 11.8 Å². The van der Waals surface area contributed by atoms with E-state index in [1.807, 2.05) is 66.9 Å². The van der Waals surface area contributed by atoms with Crippen LogP contribution in [0.3, 0.4) is 0 Å². The van der Waals surface area contributed by atoms with E-state index in [2.05, 4.69) is 57.1 Å². The molecule has 5 rings (SSSR count). The van der Waals surface area contributed by atoms with Crippen LogP contribution in [0, 0.1) is 0 Å². The molecule has 3 aromatic carbocycles. The summed E-state index contributed by atoms with van der Waals surface area (Å²) in [4.78, 5) is 33.1. The molecule has 1 saturated heterocycles. The average molecular weight is 566 g/mol. The van der Waals surface area contributed by atoms with Crippen molar-refractivity contribution in [2.24, 2.45) is 0 Å². The van der Waals surface area contributed by atoms with Crippen molar-refractivity contribution in [3.63, 3.8) is 0 Å². The first-order valence-electron chi connectivity index (χ1n) is 15.2. The molecule has 0 saturated carbocycles. The van der Waals surface area contributed by atoms with Crippen molar-refractivity contribution < 1.29 is 9.59 Å². The highest BCUT2D eigenvalue weighted by atomic mass is 16.2. The maximum absolute atomic E-state index is 13.9. The minimum absolute atomic E-state index is 0.0228. The smallest absolute Gasteiger partial charge is 0.240 e. The van der Waals surface area contributed by atoms with Crippen LogP contribution < -0.4 is 16.0 Å². The predicted octanol–water partition coefficient (Wildman–Crippen LogP) is 4.24. The van der Waals surface area contributed by atoms with Crippen molar-refractivity contribution in [1.82, 2.24) is 25.8 Å². The molecule has 2 amide bonds. The van der Waals surface area contributed by atoms with E-state index in [9.17, 15) is 9.59 Å². The molecular formula is C35H43N5O2. The minimum atomic E-state index is -0.812. The summed E-state index contributed by atoms with van der Waals surface area (Å²) in [6.07, 6.45) is 6.35. The number of para-hydroxylation sites is 1. The molecule has 0 radical (unpaired) electrons. The van der Waals surface area contributed by atoms with Gasteiger partial charge in [0.1, 0.15) is 5.54 Å². The third kappa shape index (κ3) is 7.66. The van der Waals surface area contributed by atoms with Gasteiger partial charge < -0.3 is 20.5 Å². The first-order chi connectivity index (χ1) is 20.5. The zero-order chi connectivity index (χ0) is 29.2. The molecule has 4 aromatic rings. The van der Waals surface area contributed by atoms with E-state index < -0.39 is 11.6 Å². The molecule has 0 spiro atoms. The number of nitrogens with one attached hydrogen (secondary N) is 4. The molecule has 1 aliphatic rings. The molecule has 7 nitrogen and oxygen atoms in total. The molecule has 220 valence electrons. The maximum Gasteiger partial charge on any atom is 0.240 e. The fourth-order valence-electron chi connectivity index (χ4n) is 5.92. The molecule has 1 atom stereocenters. The number of piperidine rings is 1. The lowest BCUT2D eigenvalue weighted by molar-refractivity contribution is -0.131. The van der Waals surface area contributed by atoms with E-state index >= 15 is 0 Å². The van der Waals surface area contributed by atoms with Crippen LogP contribution in [-0.4, -0.2) is 66.5 Å². The molecule has 1 aromatic heterocycles. The van der Waals surface area contributed by atoms with Crippen LogP contribution in [0.2, 0.25) is 0 Å². The van der Waals surface area contributed by atoms with E-state index in [1.165, 1.54) is 16.5 Å². The van der Waals surface area contributed by atoms with E-state index in [-0.39, 0.29) is 11.8 Å². The van der Waals surface area contributed by atoms with E-state index in [1.54, 1.807) is 0 Å². The monoisotopic (exact) mass is 565 g/mol. The zero-order valence-corrected chi connectivity index (χ0v) is 24.6. The van der Waals surface area contributed by atoms with Gasteiger partial charge in [0, 0.05) is 43.3 Å². The number of carbonyl (C=O) groups is 2. The number of nitrogens with zero attached hydrogens (tertiary/aromatic N) is 1. The first kappa shape index (κ1) is 29.5. The lowest BCUT2D eigenvalue weighted by Crippen LogP contribution is -2.66. The molecule has 0 bridgehead atoms. The number of H-pyrrole nitrogens is 1. The maximum atomic E-state index is 13.9. The summed E-state index contributed by atoms with van der Waals surface area (Å²) in [5.41, 5.74) is 3.81. The molecular weight excluding hydrogens is 522 g/mol. The number of benzene rings is 3. The zero-order valence-electron chi connectivity index (χ0n) is 24.6. The molecule has 2 heterocycles. The number of amides is 2. The Labute approximate surface area is 249 Å². The standard InChI is InChI=1S/C35H43N5O2/c1-40-23-19-35(20-24-40,34(42)37-22-18-29-26-38-31-17-9-8-16-30(29)31)39-32(25-28-13-6-3-7-14-28)33(41)36-21-10-15-27-11-4-2-5-12-27/h2-9,11-14,16-17,26,32,38-39H,10,15,18-25H2,1H3,(H,36,41)(H,37,42)/t32-/m0/s1. The minimum Gasteiger partial charge on any atom is -0.361 e. The van der Waals surface area contributed by atoms with Gasteiger partial charge in [-0.1, -0.05) is 78.9 Å². The third-order valence-corrected chi connectivity index (χ3v) is 8.46. The summed E-state index contributed by atoms with van der Waals surface area (Å²) < 4.78 is 0. The summed E-state index contributed by atoms with van der Waals surface area (Å²) in [6, 6.07) is 28.1. The van der Waals surface area contributed by atoms with E-state index in [0.29, 0.717) is 32.4 Å². The molecule has 1 aliphatic heterocycles. The lowest BCUT2D eigenvalue weighted by Gasteiger charge is -2.42. The quantitative estimate of drug-likeness (QED) is 0.183. The summed E-state index contributed by atoms with van der Waals surface area (Å²) in [7, 11) is 2.08. The third-order valence-electron chi connectivity index (χ3n) is 8.46. The number of hydrogen-bond acceptors (Lipinski definition) is 4. The lowest BCUT2D eigenvalue weighted by atomic mass is 9.84. The fourth-order valence-corrected chi connectivity index (χ4v) is 5.92. The van der Waals surface area contributed by atoms with Crippen LogP contribution in [0.25, 0.3) is 10.9 Å². The number of carbonyl (C=O) groups excluding carboxylic acids is 2. The van der Waals surface area contributed by atoms with Gasteiger partial charge in [-0.15, -0.1) is 0 Å².